The minimum atomic E-state index is -2.00. The summed E-state index contributed by atoms with van der Waals surface area (Å²) in [6, 6.07) is 2.42. The Kier molecular flexibility index (Phi) is 11.6. The van der Waals surface area contributed by atoms with Crippen LogP contribution in [0.4, 0.5) is 10.5 Å². The molecule has 4 rings (SSSR count). The van der Waals surface area contributed by atoms with Gasteiger partial charge in [0.05, 0.1) is 25.1 Å². The van der Waals surface area contributed by atoms with E-state index in [2.05, 4.69) is 5.32 Å². The van der Waals surface area contributed by atoms with Gasteiger partial charge in [0.2, 0.25) is 17.6 Å². The number of hydrogen-bond donors (Lipinski definition) is 3. The van der Waals surface area contributed by atoms with E-state index in [0.29, 0.717) is 17.9 Å². The third kappa shape index (κ3) is 7.34. The van der Waals surface area contributed by atoms with Crippen molar-refractivity contribution < 1.29 is 58.1 Å². The van der Waals surface area contributed by atoms with E-state index in [4.69, 9.17) is 40.2 Å². The molecule has 1 aromatic carbocycles. The number of ether oxygens (including phenoxy) is 5. The monoisotopic (exact) mass is 723 g/mol. The molecule has 4 bridgehead atoms. The number of aliphatic hydroxyl groups is 1. The smallest absolute Gasteiger partial charge is 0.409 e. The number of amides is 3. The summed E-state index contributed by atoms with van der Waals surface area (Å²) in [5.74, 6) is -4.54. The lowest BCUT2D eigenvalue weighted by Gasteiger charge is -2.43. The Labute approximate surface area is 295 Å². The molecule has 0 unspecified atom stereocenters. The van der Waals surface area contributed by atoms with Crippen molar-refractivity contribution in [1.29, 1.82) is 0 Å². The first-order valence-corrected chi connectivity index (χ1v) is 16.4. The SMILES string of the molecule is COc1cc2cc(c1Cl)N(C)C(=O)C[C@H](OC(=O)[C@H](C)N(C)C(C)=O)[C@]1(C)O[C@]1(OO)[C@H](C)[C@@H]1C[C@@](O)(NC(=O)O1)[C@H](OC)/C=C/C=C(\C)C2. The van der Waals surface area contributed by atoms with Crippen LogP contribution in [0.3, 0.4) is 0 Å². The number of allylic oxidation sites excluding steroid dienone is 3. The molecule has 1 aromatic rings. The number of esters is 1. The number of methoxy groups -OCH3 is 2. The molecule has 8 atom stereocenters. The van der Waals surface area contributed by atoms with Crippen molar-refractivity contribution in [3.8, 4) is 5.75 Å². The largest absolute Gasteiger partial charge is 0.495 e. The zero-order valence-electron chi connectivity index (χ0n) is 29.6. The third-order valence-corrected chi connectivity index (χ3v) is 10.3. The van der Waals surface area contributed by atoms with Crippen LogP contribution in [0.15, 0.2) is 35.9 Å². The lowest BCUT2D eigenvalue weighted by Crippen LogP contribution is -2.64. The van der Waals surface area contributed by atoms with Gasteiger partial charge in [0.15, 0.2) is 11.3 Å². The first-order valence-electron chi connectivity index (χ1n) is 16.1. The summed E-state index contributed by atoms with van der Waals surface area (Å²) >= 11 is 6.70. The van der Waals surface area contributed by atoms with Gasteiger partial charge in [-0.05, 0) is 44.9 Å². The number of carbonyl (C=O) groups is 4. The number of epoxide rings is 1. The normalized spacial score (nSPS) is 33.8. The van der Waals surface area contributed by atoms with E-state index in [1.54, 1.807) is 31.2 Å². The Morgan fingerprint density at radius 2 is 1.92 bits per heavy atom. The number of anilines is 1. The van der Waals surface area contributed by atoms with Gasteiger partial charge in [0.25, 0.3) is 0 Å². The van der Waals surface area contributed by atoms with Crippen molar-refractivity contribution in [3.63, 3.8) is 0 Å². The van der Waals surface area contributed by atoms with Gasteiger partial charge in [-0.2, -0.15) is 4.89 Å². The minimum Gasteiger partial charge on any atom is -0.495 e. The van der Waals surface area contributed by atoms with Gasteiger partial charge in [-0.15, -0.1) is 0 Å². The second kappa shape index (κ2) is 14.9. The molecule has 2 fully saturated rings. The summed E-state index contributed by atoms with van der Waals surface area (Å²) in [7, 11) is 5.75. The molecular formula is C34H46ClN3O12. The van der Waals surface area contributed by atoms with Crippen LogP contribution in [0.5, 0.6) is 5.75 Å². The Bertz CT molecular complexity index is 1570. The predicted octanol–water partition coefficient (Wildman–Crippen LogP) is 3.35. The van der Waals surface area contributed by atoms with Crippen molar-refractivity contribution in [3.05, 3.63) is 46.5 Å². The molecule has 0 saturated carbocycles. The molecule has 0 spiro atoms. The van der Waals surface area contributed by atoms with E-state index in [1.807, 2.05) is 13.0 Å². The fraction of sp³-hybridized carbons (Fsp3) is 0.588. The van der Waals surface area contributed by atoms with Gasteiger partial charge in [0.1, 0.15) is 35.1 Å². The molecule has 0 radical (unpaired) electrons. The number of nitrogens with one attached hydrogen (secondary N) is 1. The molecule has 2 saturated heterocycles. The summed E-state index contributed by atoms with van der Waals surface area (Å²) in [6.45, 7) is 7.65. The van der Waals surface area contributed by atoms with E-state index >= 15 is 0 Å². The van der Waals surface area contributed by atoms with Gasteiger partial charge >= 0.3 is 12.1 Å². The van der Waals surface area contributed by atoms with Crippen molar-refractivity contribution >= 4 is 41.2 Å². The maximum absolute atomic E-state index is 14.1. The second-order valence-electron chi connectivity index (χ2n) is 13.2. The highest BCUT2D eigenvalue weighted by Crippen LogP contribution is 2.58. The summed E-state index contributed by atoms with van der Waals surface area (Å²) in [6.07, 6.45) is 0.167. The number of carbonyl (C=O) groups excluding carboxylic acids is 4. The maximum Gasteiger partial charge on any atom is 0.409 e. The zero-order valence-corrected chi connectivity index (χ0v) is 30.4. The molecule has 3 aliphatic rings. The third-order valence-electron chi connectivity index (χ3n) is 9.96. The molecular weight excluding hydrogens is 678 g/mol. The Balaban J connectivity index is 1.86. The first-order chi connectivity index (χ1) is 23.4. The van der Waals surface area contributed by atoms with E-state index in [1.165, 1.54) is 58.9 Å². The Hall–Kier alpha value is -3.73. The number of halogens is 1. The molecule has 50 heavy (non-hydrogen) atoms. The van der Waals surface area contributed by atoms with Gasteiger partial charge in [0, 0.05) is 34.5 Å². The fourth-order valence-corrected chi connectivity index (χ4v) is 6.80. The topological polar surface area (TPSA) is 186 Å². The van der Waals surface area contributed by atoms with Gasteiger partial charge in [-0.25, -0.2) is 14.8 Å². The molecule has 276 valence electrons. The predicted molar refractivity (Wildman–Crippen MR) is 179 cm³/mol. The quantitative estimate of drug-likeness (QED) is 0.169. The van der Waals surface area contributed by atoms with Crippen molar-refractivity contribution in [2.75, 3.05) is 33.2 Å². The minimum absolute atomic E-state index is 0.165. The Morgan fingerprint density at radius 1 is 1.24 bits per heavy atom. The highest BCUT2D eigenvalue weighted by atomic mass is 35.5. The average molecular weight is 724 g/mol. The first kappa shape index (κ1) is 39.1. The number of likely N-dealkylation sites (N-methyl/N-ethyl adjacent to an activating group) is 1. The summed E-state index contributed by atoms with van der Waals surface area (Å²) < 4.78 is 28.6. The maximum atomic E-state index is 14.1. The number of nitrogens with zero attached hydrogens (tertiary/aromatic N) is 2. The van der Waals surface area contributed by atoms with E-state index in [0.717, 1.165) is 11.1 Å². The number of fused-ring (bicyclic) bond motifs is 5. The molecule has 0 aromatic heterocycles. The standard InChI is InChI=1S/C34H46ClN3O12/c1-18-11-10-12-26(46-9)33(43)17-25(47-31(42)36-33)19(2)34(50-44)32(5,49-34)27(48-30(41)20(3)37(6)21(4)39)16-28(40)38(7)23-14-22(13-18)15-24(45-8)29(23)35/h10-12,14-15,19-20,25-27,43-44H,13,16-17H2,1-9H3,(H,36,42)/b12-10+,18-11+/t19-,20+,25+,26-,27+,32+,33+,34+/m1/s1. The van der Waals surface area contributed by atoms with Crippen molar-refractivity contribution in [2.24, 2.45) is 5.92 Å². The zero-order chi connectivity index (χ0) is 37.3. The average Bonchev–Trinajstić information content (AvgIpc) is 3.70. The highest BCUT2D eigenvalue weighted by Gasteiger charge is 2.78. The van der Waals surface area contributed by atoms with Crippen LogP contribution in [-0.4, -0.2) is 109 Å². The van der Waals surface area contributed by atoms with Crippen LogP contribution in [0.2, 0.25) is 5.02 Å². The number of benzene rings is 1. The lowest BCUT2D eigenvalue weighted by atomic mass is 9.81. The molecule has 0 aliphatic carbocycles. The van der Waals surface area contributed by atoms with E-state index in [-0.39, 0.29) is 11.4 Å². The Morgan fingerprint density at radius 3 is 2.52 bits per heavy atom. The molecule has 16 heteroatoms. The van der Waals surface area contributed by atoms with Crippen LogP contribution in [0, 0.1) is 5.92 Å². The molecule has 3 aliphatic heterocycles. The van der Waals surface area contributed by atoms with Crippen LogP contribution in [0.25, 0.3) is 0 Å². The van der Waals surface area contributed by atoms with Crippen LogP contribution in [-0.2, 0) is 44.6 Å². The molecule has 3 N–H and O–H groups in total. The molecule has 3 amide bonds. The number of alkyl carbamates (subject to hydrolysis) is 1. The van der Waals surface area contributed by atoms with Crippen LogP contribution in [0.1, 0.15) is 53.0 Å². The number of rotatable bonds is 6. The van der Waals surface area contributed by atoms with E-state index in [9.17, 15) is 29.5 Å². The summed E-state index contributed by atoms with van der Waals surface area (Å²) in [4.78, 5) is 59.8. The molecule has 15 nitrogen and oxygen atoms in total. The van der Waals surface area contributed by atoms with Crippen molar-refractivity contribution in [2.45, 2.75) is 95.3 Å². The van der Waals surface area contributed by atoms with Gasteiger partial charge in [-0.1, -0.05) is 42.3 Å². The van der Waals surface area contributed by atoms with E-state index < -0.39 is 77.7 Å². The summed E-state index contributed by atoms with van der Waals surface area (Å²) in [5, 5.41) is 24.7. The fourth-order valence-electron chi connectivity index (χ4n) is 6.49. The lowest BCUT2D eigenvalue weighted by molar-refractivity contribution is -0.340. The highest BCUT2D eigenvalue weighted by molar-refractivity contribution is 6.35. The summed E-state index contributed by atoms with van der Waals surface area (Å²) in [5.41, 5.74) is -1.73. The van der Waals surface area contributed by atoms with Crippen LogP contribution < -0.4 is 15.0 Å². The van der Waals surface area contributed by atoms with Gasteiger partial charge in [-0.3, -0.25) is 14.9 Å². The van der Waals surface area contributed by atoms with Gasteiger partial charge < -0.3 is 38.6 Å². The second-order valence-corrected chi connectivity index (χ2v) is 13.6. The number of hydrogen-bond acceptors (Lipinski definition) is 12. The van der Waals surface area contributed by atoms with Crippen molar-refractivity contribution in [1.82, 2.24) is 10.2 Å². The molecule has 3 heterocycles. The van der Waals surface area contributed by atoms with Crippen LogP contribution >= 0.6 is 11.6 Å².